The maximum atomic E-state index is 11.0. The summed E-state index contributed by atoms with van der Waals surface area (Å²) in [5.41, 5.74) is 2.16. The van der Waals surface area contributed by atoms with Gasteiger partial charge < -0.3 is 9.64 Å². The minimum absolute atomic E-state index is 0.133. The van der Waals surface area contributed by atoms with Gasteiger partial charge >= 0.3 is 0 Å². The van der Waals surface area contributed by atoms with Crippen molar-refractivity contribution in [1.29, 1.82) is 0 Å². The lowest BCUT2D eigenvalue weighted by atomic mass is 10.1. The van der Waals surface area contributed by atoms with Crippen molar-refractivity contribution >= 4 is 20.7 Å². The van der Waals surface area contributed by atoms with Crippen LogP contribution in [0.5, 0.6) is 5.75 Å². The zero-order valence-corrected chi connectivity index (χ0v) is 10.7. The van der Waals surface area contributed by atoms with Crippen LogP contribution in [0.2, 0.25) is 0 Å². The van der Waals surface area contributed by atoms with Crippen molar-refractivity contribution in [2.45, 2.75) is 13.5 Å². The largest absolute Gasteiger partial charge is 0.496 e. The lowest BCUT2D eigenvalue weighted by Crippen LogP contribution is -2.20. The molecule has 1 aromatic rings. The van der Waals surface area contributed by atoms with Crippen LogP contribution in [0.1, 0.15) is 11.1 Å². The molecule has 1 aromatic carbocycles. The molecule has 0 heterocycles. The van der Waals surface area contributed by atoms with Crippen LogP contribution in [0.15, 0.2) is 18.2 Å². The number of hydrogen-bond donors (Lipinski definition) is 0. The number of carbonyl (C=O) groups is 1. The van der Waals surface area contributed by atoms with Crippen molar-refractivity contribution in [1.82, 2.24) is 4.90 Å². The predicted octanol–water partition coefficient (Wildman–Crippen LogP) is 2.95. The monoisotopic (exact) mass is 271 g/mol. The average molecular weight is 272 g/mol. The third kappa shape index (κ3) is 3.23. The van der Waals surface area contributed by atoms with Crippen LogP contribution < -0.4 is 4.74 Å². The highest BCUT2D eigenvalue weighted by atomic mass is 79.9. The second-order valence-corrected chi connectivity index (χ2v) is 4.10. The summed E-state index contributed by atoms with van der Waals surface area (Å²) in [6.07, 6.45) is 0. The van der Waals surface area contributed by atoms with Gasteiger partial charge in [-0.25, -0.2) is 0 Å². The highest BCUT2D eigenvalue weighted by Gasteiger charge is 2.09. The fraction of sp³-hybridized carbons (Fsp3) is 0.364. The highest BCUT2D eigenvalue weighted by molar-refractivity contribution is 9.18. The predicted molar refractivity (Wildman–Crippen MR) is 63.5 cm³/mol. The van der Waals surface area contributed by atoms with Gasteiger partial charge in [-0.15, -0.1) is 0 Å². The van der Waals surface area contributed by atoms with E-state index in [-0.39, 0.29) is 4.82 Å². The van der Waals surface area contributed by atoms with Crippen LogP contribution in [0.3, 0.4) is 0 Å². The van der Waals surface area contributed by atoms with Gasteiger partial charge in [0.15, 0.2) is 0 Å². The number of carbonyl (C=O) groups excluding carboxylic acids is 1. The van der Waals surface area contributed by atoms with Crippen molar-refractivity contribution < 1.29 is 9.53 Å². The summed E-state index contributed by atoms with van der Waals surface area (Å²) in [4.78, 5) is 12.5. The van der Waals surface area contributed by atoms with Crippen molar-refractivity contribution in [3.8, 4) is 5.75 Å². The number of amides is 1. The molecule has 0 aliphatic rings. The second kappa shape index (κ2) is 5.16. The number of aryl methyl sites for hydroxylation is 1. The Morgan fingerprint density at radius 1 is 1.53 bits per heavy atom. The SMILES string of the molecule is COc1ccc(C)cc1CN(C)C(=O)Br. The lowest BCUT2D eigenvalue weighted by Gasteiger charge is -2.16. The van der Waals surface area contributed by atoms with E-state index >= 15 is 0 Å². The molecular weight excluding hydrogens is 258 g/mol. The Kier molecular flexibility index (Phi) is 4.15. The topological polar surface area (TPSA) is 29.5 Å². The Bertz CT molecular complexity index is 366. The standard InChI is InChI=1S/C11H14BrNO2/c1-8-4-5-10(15-3)9(6-8)7-13(2)11(12)14/h4-6H,7H2,1-3H3. The number of ether oxygens (including phenoxy) is 1. The molecule has 0 aliphatic heterocycles. The van der Waals surface area contributed by atoms with Gasteiger partial charge in [-0.2, -0.15) is 0 Å². The summed E-state index contributed by atoms with van der Waals surface area (Å²) in [6, 6.07) is 5.92. The summed E-state index contributed by atoms with van der Waals surface area (Å²) in [5.74, 6) is 0.807. The van der Waals surface area contributed by atoms with Crippen molar-refractivity contribution in [3.05, 3.63) is 29.3 Å². The fourth-order valence-electron chi connectivity index (χ4n) is 1.35. The first-order valence-electron chi connectivity index (χ1n) is 4.58. The van der Waals surface area contributed by atoms with Crippen LogP contribution in [-0.2, 0) is 6.54 Å². The Balaban J connectivity index is 2.91. The van der Waals surface area contributed by atoms with E-state index in [1.54, 1.807) is 19.1 Å². The molecule has 1 rings (SSSR count). The molecule has 0 aromatic heterocycles. The molecule has 0 bridgehead atoms. The Labute approximate surface area is 98.2 Å². The number of halogens is 1. The van der Waals surface area contributed by atoms with Gasteiger partial charge in [0.2, 0.25) is 0 Å². The molecule has 15 heavy (non-hydrogen) atoms. The van der Waals surface area contributed by atoms with E-state index in [2.05, 4.69) is 15.9 Å². The maximum Gasteiger partial charge on any atom is 0.289 e. The Morgan fingerprint density at radius 3 is 2.73 bits per heavy atom. The molecule has 1 amide bonds. The smallest absolute Gasteiger partial charge is 0.289 e. The van der Waals surface area contributed by atoms with Gasteiger partial charge in [0, 0.05) is 35.1 Å². The number of methoxy groups -OCH3 is 1. The van der Waals surface area contributed by atoms with Gasteiger partial charge in [0.05, 0.1) is 7.11 Å². The summed E-state index contributed by atoms with van der Waals surface area (Å²) in [5, 5.41) is 0. The molecule has 0 saturated heterocycles. The van der Waals surface area contributed by atoms with Gasteiger partial charge in [-0.05, 0) is 13.0 Å². The van der Waals surface area contributed by atoms with Crippen molar-refractivity contribution in [3.63, 3.8) is 0 Å². The van der Waals surface area contributed by atoms with E-state index in [4.69, 9.17) is 4.74 Å². The summed E-state index contributed by atoms with van der Waals surface area (Å²) < 4.78 is 5.23. The molecule has 0 unspecified atom stereocenters. The van der Waals surface area contributed by atoms with Gasteiger partial charge in [-0.1, -0.05) is 17.7 Å². The molecule has 0 atom stereocenters. The quantitative estimate of drug-likeness (QED) is 0.625. The molecule has 0 saturated carbocycles. The molecule has 82 valence electrons. The molecule has 3 nitrogen and oxygen atoms in total. The van der Waals surface area contributed by atoms with E-state index in [1.165, 1.54) is 0 Å². The molecule has 0 N–H and O–H groups in total. The first-order chi connectivity index (χ1) is 7.04. The summed E-state index contributed by atoms with van der Waals surface area (Å²) >= 11 is 2.91. The van der Waals surface area contributed by atoms with E-state index in [0.717, 1.165) is 16.9 Å². The average Bonchev–Trinajstić information content (AvgIpc) is 2.18. The number of benzene rings is 1. The van der Waals surface area contributed by atoms with E-state index in [9.17, 15) is 4.79 Å². The minimum Gasteiger partial charge on any atom is -0.496 e. The summed E-state index contributed by atoms with van der Waals surface area (Å²) in [6.45, 7) is 2.55. The third-order valence-corrected chi connectivity index (χ3v) is 2.75. The van der Waals surface area contributed by atoms with Crippen molar-refractivity contribution in [2.75, 3.05) is 14.2 Å². The fourth-order valence-corrected chi connectivity index (χ4v) is 1.47. The van der Waals surface area contributed by atoms with Crippen molar-refractivity contribution in [2.24, 2.45) is 0 Å². The van der Waals surface area contributed by atoms with Gasteiger partial charge in [0.1, 0.15) is 5.75 Å². The lowest BCUT2D eigenvalue weighted by molar-refractivity contribution is 0.232. The zero-order valence-electron chi connectivity index (χ0n) is 9.08. The van der Waals surface area contributed by atoms with Gasteiger partial charge in [-0.3, -0.25) is 4.79 Å². The molecule has 0 fully saturated rings. The Morgan fingerprint density at radius 2 is 2.20 bits per heavy atom. The molecule has 0 spiro atoms. The van der Waals surface area contributed by atoms with Crippen LogP contribution in [0.25, 0.3) is 0 Å². The number of rotatable bonds is 3. The number of nitrogens with zero attached hydrogens (tertiary/aromatic N) is 1. The van der Waals surface area contributed by atoms with Crippen LogP contribution in [0, 0.1) is 6.92 Å². The highest BCUT2D eigenvalue weighted by Crippen LogP contribution is 2.21. The first kappa shape index (κ1) is 12.0. The third-order valence-electron chi connectivity index (χ3n) is 2.14. The molecule has 0 aliphatic carbocycles. The van der Waals surface area contributed by atoms with Crippen LogP contribution in [-0.4, -0.2) is 23.9 Å². The Hall–Kier alpha value is -1.03. The zero-order chi connectivity index (χ0) is 11.4. The molecule has 0 radical (unpaired) electrons. The summed E-state index contributed by atoms with van der Waals surface area (Å²) in [7, 11) is 3.36. The van der Waals surface area contributed by atoms with Crippen LogP contribution in [0.4, 0.5) is 4.79 Å². The number of hydrogen-bond acceptors (Lipinski definition) is 2. The second-order valence-electron chi connectivity index (χ2n) is 3.42. The molecule has 4 heteroatoms. The van der Waals surface area contributed by atoms with E-state index < -0.39 is 0 Å². The molecular formula is C11H14BrNO2. The van der Waals surface area contributed by atoms with Gasteiger partial charge in [0.25, 0.3) is 4.82 Å². The minimum atomic E-state index is -0.133. The first-order valence-corrected chi connectivity index (χ1v) is 5.38. The van der Waals surface area contributed by atoms with E-state index in [1.807, 2.05) is 25.1 Å². The normalized spacial score (nSPS) is 9.87. The van der Waals surface area contributed by atoms with Crippen LogP contribution >= 0.6 is 15.9 Å². The van der Waals surface area contributed by atoms with E-state index in [0.29, 0.717) is 6.54 Å². The maximum absolute atomic E-state index is 11.0.